The number of nitrogens with zero attached hydrogens (tertiary/aromatic N) is 4. The van der Waals surface area contributed by atoms with Crippen molar-refractivity contribution in [1.29, 1.82) is 0 Å². The molecule has 2 heterocycles. The van der Waals surface area contributed by atoms with Gasteiger partial charge in [-0.25, -0.2) is 9.97 Å². The lowest BCUT2D eigenvalue weighted by molar-refractivity contribution is 0.719. The Morgan fingerprint density at radius 3 is 1.79 bits per heavy atom. The van der Waals surface area contributed by atoms with Crippen LogP contribution in [0.2, 0.25) is 0 Å². The van der Waals surface area contributed by atoms with Crippen molar-refractivity contribution < 1.29 is 0 Å². The van der Waals surface area contributed by atoms with E-state index in [0.717, 1.165) is 17.5 Å². The molecule has 0 spiro atoms. The number of imidazole rings is 2. The molecule has 4 nitrogen and oxygen atoms in total. The average Bonchev–Trinajstić information content (AvgIpc) is 2.73. The summed E-state index contributed by atoms with van der Waals surface area (Å²) in [7, 11) is 0. The first-order valence-electron chi connectivity index (χ1n) is 4.39. The maximum absolute atomic E-state index is 4.15. The Balaban J connectivity index is 2.44. The Hall–Kier alpha value is -1.84. The molecular weight excluding hydrogens is 176 g/mol. The van der Waals surface area contributed by atoms with Crippen LogP contribution in [0.4, 0.5) is 0 Å². The minimum absolute atomic E-state index is 0.843. The zero-order valence-corrected chi connectivity index (χ0v) is 8.31. The summed E-state index contributed by atoms with van der Waals surface area (Å²) in [4.78, 5) is 8.29. The summed E-state index contributed by atoms with van der Waals surface area (Å²) in [5.74, 6) is 2.68. The van der Waals surface area contributed by atoms with Gasteiger partial charge < -0.3 is 0 Å². The summed E-state index contributed by atoms with van der Waals surface area (Å²) in [5, 5.41) is 0. The first-order chi connectivity index (χ1) is 6.70. The van der Waals surface area contributed by atoms with Gasteiger partial charge in [-0.2, -0.15) is 0 Å². The fourth-order valence-corrected chi connectivity index (χ4v) is 1.42. The van der Waals surface area contributed by atoms with E-state index in [0.29, 0.717) is 0 Å². The quantitative estimate of drug-likeness (QED) is 0.715. The number of aromatic nitrogens is 4. The number of aryl methyl sites for hydroxylation is 2. The third-order valence-electron chi connectivity index (χ3n) is 2.21. The van der Waals surface area contributed by atoms with E-state index in [1.165, 1.54) is 0 Å². The molecule has 14 heavy (non-hydrogen) atoms. The highest BCUT2D eigenvalue weighted by Crippen LogP contribution is 2.06. The predicted octanol–water partition coefficient (Wildman–Crippen LogP) is 1.49. The van der Waals surface area contributed by atoms with Crippen molar-refractivity contribution in [3.05, 3.63) is 48.8 Å². The molecule has 0 bridgehead atoms. The summed E-state index contributed by atoms with van der Waals surface area (Å²) >= 11 is 0. The summed E-state index contributed by atoms with van der Waals surface area (Å²) in [5.41, 5.74) is 0. The Kier molecular flexibility index (Phi) is 1.96. The number of rotatable bonds is 2. The zero-order chi connectivity index (χ0) is 10.1. The van der Waals surface area contributed by atoms with Gasteiger partial charge in [0, 0.05) is 24.8 Å². The highest BCUT2D eigenvalue weighted by atomic mass is 15.2. The summed E-state index contributed by atoms with van der Waals surface area (Å²) in [6.07, 6.45) is 7.29. The van der Waals surface area contributed by atoms with Crippen molar-refractivity contribution in [2.45, 2.75) is 13.8 Å². The third kappa shape index (κ3) is 1.25. The smallest absolute Gasteiger partial charge is 0.116 e. The van der Waals surface area contributed by atoms with Crippen molar-refractivity contribution >= 4 is 0 Å². The second-order valence-electron chi connectivity index (χ2n) is 3.11. The van der Waals surface area contributed by atoms with E-state index in [1.807, 2.05) is 35.4 Å². The minimum Gasteiger partial charge on any atom is -0.290 e. The number of hydrogen-bond donors (Lipinski definition) is 0. The fourth-order valence-electron chi connectivity index (χ4n) is 1.42. The normalized spacial score (nSPS) is 10.4. The van der Waals surface area contributed by atoms with Gasteiger partial charge in [-0.3, -0.25) is 9.13 Å². The minimum atomic E-state index is 0.843. The van der Waals surface area contributed by atoms with Crippen LogP contribution >= 0.6 is 0 Å². The van der Waals surface area contributed by atoms with Crippen LogP contribution < -0.4 is 0 Å². The van der Waals surface area contributed by atoms with E-state index < -0.39 is 0 Å². The van der Waals surface area contributed by atoms with Gasteiger partial charge in [-0.1, -0.05) is 6.58 Å². The number of hydrogen-bond acceptors (Lipinski definition) is 2. The molecule has 0 aliphatic heterocycles. The maximum Gasteiger partial charge on any atom is 0.116 e. The Bertz CT molecular complexity index is 422. The van der Waals surface area contributed by atoms with Crippen molar-refractivity contribution in [2.75, 3.05) is 0 Å². The fraction of sp³-hybridized carbons (Fsp3) is 0.200. The van der Waals surface area contributed by atoms with Crippen LogP contribution in [-0.4, -0.2) is 19.1 Å². The standard InChI is InChI=1S/C10H12N4/c1-8-11-4-6-13(8)10(3)14-7-5-12-9(14)2/h4-7H,3H2,1-2H3. The molecular formula is C10H12N4. The molecule has 4 heteroatoms. The molecule has 0 aromatic carbocycles. The molecule has 2 aromatic heterocycles. The molecule has 0 atom stereocenters. The summed E-state index contributed by atoms with van der Waals surface area (Å²) in [6.45, 7) is 7.89. The van der Waals surface area contributed by atoms with Crippen LogP contribution in [0.5, 0.6) is 0 Å². The van der Waals surface area contributed by atoms with Gasteiger partial charge >= 0.3 is 0 Å². The maximum atomic E-state index is 4.15. The highest BCUT2D eigenvalue weighted by Gasteiger charge is 2.05. The predicted molar refractivity (Wildman–Crippen MR) is 53.6 cm³/mol. The first-order valence-corrected chi connectivity index (χ1v) is 4.39. The van der Waals surface area contributed by atoms with Crippen LogP contribution in [0, 0.1) is 19.7 Å². The van der Waals surface area contributed by atoms with Gasteiger partial charge in [0.1, 0.15) is 17.5 Å². The Morgan fingerprint density at radius 1 is 1.07 bits per heavy atom. The lowest BCUT2D eigenvalue weighted by Gasteiger charge is -2.10. The van der Waals surface area contributed by atoms with Crippen molar-refractivity contribution in [3.8, 4) is 0 Å². The van der Waals surface area contributed by atoms with Gasteiger partial charge in [0.25, 0.3) is 0 Å². The third-order valence-corrected chi connectivity index (χ3v) is 2.21. The van der Waals surface area contributed by atoms with E-state index in [9.17, 15) is 0 Å². The van der Waals surface area contributed by atoms with E-state index in [1.54, 1.807) is 12.4 Å². The molecule has 0 N–H and O–H groups in total. The molecule has 0 amide bonds. The molecule has 72 valence electrons. The summed E-state index contributed by atoms with van der Waals surface area (Å²) in [6, 6.07) is 0. The van der Waals surface area contributed by atoms with Crippen molar-refractivity contribution in [2.24, 2.45) is 0 Å². The molecule has 2 aromatic rings. The molecule has 0 aliphatic carbocycles. The lowest BCUT2D eigenvalue weighted by atomic mass is 10.6. The van der Waals surface area contributed by atoms with Crippen LogP contribution in [-0.2, 0) is 0 Å². The molecule has 0 saturated heterocycles. The van der Waals surface area contributed by atoms with E-state index in [4.69, 9.17) is 0 Å². The van der Waals surface area contributed by atoms with E-state index in [-0.39, 0.29) is 0 Å². The van der Waals surface area contributed by atoms with Crippen LogP contribution in [0.1, 0.15) is 11.6 Å². The average molecular weight is 188 g/mol. The van der Waals surface area contributed by atoms with Gasteiger partial charge in [-0.15, -0.1) is 0 Å². The highest BCUT2D eigenvalue weighted by molar-refractivity contribution is 5.05. The molecule has 0 saturated carbocycles. The van der Waals surface area contributed by atoms with Gasteiger partial charge in [0.2, 0.25) is 0 Å². The van der Waals surface area contributed by atoms with Gasteiger partial charge in [-0.05, 0) is 13.8 Å². The first kappa shape index (κ1) is 8.74. The monoisotopic (exact) mass is 188 g/mol. The van der Waals surface area contributed by atoms with Crippen LogP contribution in [0.15, 0.2) is 31.4 Å². The lowest BCUT2D eigenvalue weighted by Crippen LogP contribution is -2.11. The topological polar surface area (TPSA) is 35.6 Å². The zero-order valence-electron chi connectivity index (χ0n) is 8.31. The van der Waals surface area contributed by atoms with E-state index >= 15 is 0 Å². The second kappa shape index (κ2) is 3.14. The van der Waals surface area contributed by atoms with E-state index in [2.05, 4.69) is 16.5 Å². The van der Waals surface area contributed by atoms with Crippen molar-refractivity contribution in [3.63, 3.8) is 0 Å². The molecule has 0 radical (unpaired) electrons. The largest absolute Gasteiger partial charge is 0.290 e. The van der Waals surface area contributed by atoms with Crippen molar-refractivity contribution in [1.82, 2.24) is 19.1 Å². The summed E-state index contributed by atoms with van der Waals surface area (Å²) < 4.78 is 3.85. The van der Waals surface area contributed by atoms with Crippen LogP contribution in [0.3, 0.4) is 0 Å². The Morgan fingerprint density at radius 2 is 1.50 bits per heavy atom. The second-order valence-corrected chi connectivity index (χ2v) is 3.11. The van der Waals surface area contributed by atoms with Gasteiger partial charge in [0.05, 0.1) is 0 Å². The van der Waals surface area contributed by atoms with Gasteiger partial charge in [0.15, 0.2) is 0 Å². The van der Waals surface area contributed by atoms with Crippen LogP contribution in [0.25, 0.3) is 0 Å². The molecule has 0 fully saturated rings. The molecule has 0 aliphatic rings. The molecule has 0 unspecified atom stereocenters. The SMILES string of the molecule is C=C(n1ccnc1C)n1ccnc1C. The Labute approximate surface area is 82.5 Å². The molecule has 2 rings (SSSR count).